The topological polar surface area (TPSA) is 85.8 Å². The Bertz CT molecular complexity index is 1020. The highest BCUT2D eigenvalue weighted by Crippen LogP contribution is 2.33. The van der Waals surface area contributed by atoms with Crippen LogP contribution in [0.1, 0.15) is 29.6 Å². The normalized spacial score (nSPS) is 14.8. The molecule has 1 aliphatic heterocycles. The van der Waals surface area contributed by atoms with Gasteiger partial charge in [-0.3, -0.25) is 15.0 Å². The second-order valence-electron chi connectivity index (χ2n) is 7.18. The minimum absolute atomic E-state index is 0.0787. The summed E-state index contributed by atoms with van der Waals surface area (Å²) in [4.78, 5) is 25.8. The molecule has 7 nitrogen and oxygen atoms in total. The van der Waals surface area contributed by atoms with E-state index in [2.05, 4.69) is 4.90 Å². The van der Waals surface area contributed by atoms with Crippen molar-refractivity contribution in [1.29, 1.82) is 0 Å². The fourth-order valence-corrected chi connectivity index (χ4v) is 3.67. The number of benzene rings is 2. The van der Waals surface area contributed by atoms with Crippen LogP contribution < -0.4 is 0 Å². The molecule has 2 aromatic carbocycles. The predicted molar refractivity (Wildman–Crippen MR) is 109 cm³/mol. The van der Waals surface area contributed by atoms with Crippen molar-refractivity contribution in [2.45, 2.75) is 19.3 Å². The van der Waals surface area contributed by atoms with Crippen molar-refractivity contribution in [2.24, 2.45) is 0 Å². The first-order valence-corrected chi connectivity index (χ1v) is 9.79. The fraction of sp³-hybridized carbons (Fsp3) is 0.318. The van der Waals surface area contributed by atoms with E-state index < -0.39 is 10.9 Å². The van der Waals surface area contributed by atoms with Crippen molar-refractivity contribution in [1.82, 2.24) is 4.90 Å². The summed E-state index contributed by atoms with van der Waals surface area (Å²) in [7, 11) is 0. The van der Waals surface area contributed by atoms with E-state index in [1.54, 1.807) is 6.07 Å². The highest BCUT2D eigenvalue weighted by Gasteiger charge is 2.22. The van der Waals surface area contributed by atoms with E-state index >= 15 is 0 Å². The zero-order valence-electron chi connectivity index (χ0n) is 16.0. The maximum absolute atomic E-state index is 12.7. The number of furan rings is 1. The SMILES string of the molecule is O=C(OCCN1CCCCC1)c1cc([N+](=O)[O-])cc2cc(-c3ccccc3)oc12. The first-order chi connectivity index (χ1) is 14.1. The number of rotatable bonds is 6. The maximum atomic E-state index is 12.7. The summed E-state index contributed by atoms with van der Waals surface area (Å²) in [5.74, 6) is -0.0619. The van der Waals surface area contributed by atoms with E-state index in [9.17, 15) is 14.9 Å². The van der Waals surface area contributed by atoms with Gasteiger partial charge in [0, 0.05) is 29.6 Å². The number of ether oxygens (including phenoxy) is 1. The first-order valence-electron chi connectivity index (χ1n) is 9.79. The van der Waals surface area contributed by atoms with E-state index in [-0.39, 0.29) is 17.9 Å². The lowest BCUT2D eigenvalue weighted by Gasteiger charge is -2.25. The van der Waals surface area contributed by atoms with Crippen LogP contribution >= 0.6 is 0 Å². The maximum Gasteiger partial charge on any atom is 0.342 e. The molecule has 0 unspecified atom stereocenters. The Morgan fingerprint density at radius 2 is 1.86 bits per heavy atom. The third kappa shape index (κ3) is 4.30. The average molecular weight is 394 g/mol. The summed E-state index contributed by atoms with van der Waals surface area (Å²) in [6.45, 7) is 2.93. The van der Waals surface area contributed by atoms with Crippen molar-refractivity contribution >= 4 is 22.6 Å². The smallest absolute Gasteiger partial charge is 0.342 e. The molecule has 1 aliphatic rings. The van der Waals surface area contributed by atoms with Crippen LogP contribution in [0.3, 0.4) is 0 Å². The molecule has 150 valence electrons. The molecule has 7 heteroatoms. The van der Waals surface area contributed by atoms with Gasteiger partial charge in [-0.1, -0.05) is 36.8 Å². The van der Waals surface area contributed by atoms with Crippen LogP contribution in [0.4, 0.5) is 5.69 Å². The van der Waals surface area contributed by atoms with Gasteiger partial charge in [-0.25, -0.2) is 4.79 Å². The number of piperidine rings is 1. The molecular formula is C22H22N2O5. The number of non-ortho nitro benzene ring substituents is 1. The van der Waals surface area contributed by atoms with Crippen molar-refractivity contribution in [3.05, 3.63) is 64.2 Å². The second kappa shape index (κ2) is 8.45. The molecule has 0 bridgehead atoms. The minimum Gasteiger partial charge on any atom is -0.461 e. The lowest BCUT2D eigenvalue weighted by atomic mass is 10.1. The number of likely N-dealkylation sites (tertiary alicyclic amines) is 1. The van der Waals surface area contributed by atoms with Gasteiger partial charge in [-0.05, 0) is 32.0 Å². The highest BCUT2D eigenvalue weighted by atomic mass is 16.6. The summed E-state index contributed by atoms with van der Waals surface area (Å²) in [6, 6.07) is 13.7. The Hall–Kier alpha value is -3.19. The molecule has 0 amide bonds. The molecule has 0 radical (unpaired) electrons. The standard InChI is InChI=1S/C22H22N2O5/c25-22(28-12-11-23-9-5-2-6-10-23)19-15-18(24(26)27)13-17-14-20(29-21(17)19)16-7-3-1-4-8-16/h1,3-4,7-8,13-15H,2,5-6,9-12H2. The van der Waals surface area contributed by atoms with Crippen molar-refractivity contribution in [2.75, 3.05) is 26.2 Å². The van der Waals surface area contributed by atoms with Crippen LogP contribution in [0.2, 0.25) is 0 Å². The van der Waals surface area contributed by atoms with Gasteiger partial charge in [0.15, 0.2) is 0 Å². The van der Waals surface area contributed by atoms with Gasteiger partial charge < -0.3 is 9.15 Å². The van der Waals surface area contributed by atoms with Crippen LogP contribution in [0.15, 0.2) is 52.9 Å². The number of nitro groups is 1. The van der Waals surface area contributed by atoms with E-state index in [4.69, 9.17) is 9.15 Å². The van der Waals surface area contributed by atoms with E-state index in [1.807, 2.05) is 30.3 Å². The number of nitrogens with zero attached hydrogens (tertiary/aromatic N) is 2. The monoisotopic (exact) mass is 394 g/mol. The molecule has 29 heavy (non-hydrogen) atoms. The van der Waals surface area contributed by atoms with Crippen LogP contribution in [-0.2, 0) is 4.74 Å². The number of carbonyl (C=O) groups excluding carboxylic acids is 1. The Morgan fingerprint density at radius 3 is 2.59 bits per heavy atom. The van der Waals surface area contributed by atoms with Crippen molar-refractivity contribution in [3.63, 3.8) is 0 Å². The number of esters is 1. The molecule has 2 heterocycles. The Kier molecular flexibility index (Phi) is 5.57. The Morgan fingerprint density at radius 1 is 1.10 bits per heavy atom. The summed E-state index contributed by atoms with van der Waals surface area (Å²) in [5, 5.41) is 11.8. The third-order valence-corrected chi connectivity index (χ3v) is 5.18. The molecule has 1 fully saturated rings. The number of carbonyl (C=O) groups is 1. The van der Waals surface area contributed by atoms with Gasteiger partial charge in [0.1, 0.15) is 23.5 Å². The minimum atomic E-state index is -0.607. The predicted octanol–water partition coefficient (Wildman–Crippen LogP) is 4.65. The number of hydrogen-bond acceptors (Lipinski definition) is 6. The van der Waals surface area contributed by atoms with Gasteiger partial charge in [-0.2, -0.15) is 0 Å². The summed E-state index contributed by atoms with van der Waals surface area (Å²) in [5.41, 5.74) is 1.05. The van der Waals surface area contributed by atoms with Gasteiger partial charge in [0.2, 0.25) is 0 Å². The van der Waals surface area contributed by atoms with Gasteiger partial charge in [-0.15, -0.1) is 0 Å². The Balaban J connectivity index is 1.60. The van der Waals surface area contributed by atoms with E-state index in [0.29, 0.717) is 23.3 Å². The van der Waals surface area contributed by atoms with Crippen LogP contribution in [-0.4, -0.2) is 42.0 Å². The molecule has 1 aromatic heterocycles. The molecule has 4 rings (SSSR count). The van der Waals surface area contributed by atoms with E-state index in [1.165, 1.54) is 18.6 Å². The molecule has 3 aromatic rings. The molecule has 0 N–H and O–H groups in total. The number of fused-ring (bicyclic) bond motifs is 1. The lowest BCUT2D eigenvalue weighted by Crippen LogP contribution is -2.33. The van der Waals surface area contributed by atoms with Crippen molar-refractivity contribution < 1.29 is 18.9 Å². The summed E-state index contributed by atoms with van der Waals surface area (Å²) < 4.78 is 11.3. The molecule has 0 atom stereocenters. The zero-order chi connectivity index (χ0) is 20.2. The second-order valence-corrected chi connectivity index (χ2v) is 7.18. The molecule has 0 spiro atoms. The fourth-order valence-electron chi connectivity index (χ4n) is 3.67. The van der Waals surface area contributed by atoms with Crippen LogP contribution in [0, 0.1) is 10.1 Å². The van der Waals surface area contributed by atoms with Crippen LogP contribution in [0.25, 0.3) is 22.3 Å². The average Bonchev–Trinajstić information content (AvgIpc) is 3.18. The lowest BCUT2D eigenvalue weighted by molar-refractivity contribution is -0.384. The van der Waals surface area contributed by atoms with E-state index in [0.717, 1.165) is 31.5 Å². The largest absolute Gasteiger partial charge is 0.461 e. The molecular weight excluding hydrogens is 372 g/mol. The summed E-state index contributed by atoms with van der Waals surface area (Å²) in [6.07, 6.45) is 3.56. The number of nitro benzene ring substituents is 1. The zero-order valence-corrected chi connectivity index (χ0v) is 16.0. The Labute approximate surface area is 168 Å². The quantitative estimate of drug-likeness (QED) is 0.344. The van der Waals surface area contributed by atoms with Crippen LogP contribution in [0.5, 0.6) is 0 Å². The van der Waals surface area contributed by atoms with Gasteiger partial charge in [0.25, 0.3) is 5.69 Å². The molecule has 1 saturated heterocycles. The number of hydrogen-bond donors (Lipinski definition) is 0. The summed E-state index contributed by atoms with van der Waals surface area (Å²) >= 11 is 0. The van der Waals surface area contributed by atoms with Gasteiger partial charge in [0.05, 0.1) is 4.92 Å². The molecule has 0 saturated carbocycles. The van der Waals surface area contributed by atoms with Gasteiger partial charge >= 0.3 is 5.97 Å². The van der Waals surface area contributed by atoms with Crippen molar-refractivity contribution in [3.8, 4) is 11.3 Å². The third-order valence-electron chi connectivity index (χ3n) is 5.18. The first kappa shape index (κ1) is 19.1. The highest BCUT2D eigenvalue weighted by molar-refractivity contribution is 6.04. The molecule has 0 aliphatic carbocycles.